The second kappa shape index (κ2) is 8.88. The molecule has 25 heavy (non-hydrogen) atoms. The maximum atomic E-state index is 9.83. The van der Waals surface area contributed by atoms with Gasteiger partial charge in [-0.1, -0.05) is 18.9 Å². The van der Waals surface area contributed by atoms with Gasteiger partial charge in [-0.25, -0.2) is 0 Å². The van der Waals surface area contributed by atoms with Gasteiger partial charge in [0.1, 0.15) is 0 Å². The van der Waals surface area contributed by atoms with Gasteiger partial charge in [-0.15, -0.1) is 0 Å². The van der Waals surface area contributed by atoms with Crippen LogP contribution in [0.1, 0.15) is 37.7 Å². The summed E-state index contributed by atoms with van der Waals surface area (Å²) in [6, 6.07) is 6.51. The lowest BCUT2D eigenvalue weighted by Gasteiger charge is -2.37. The fourth-order valence-electron chi connectivity index (χ4n) is 4.12. The van der Waals surface area contributed by atoms with Crippen molar-refractivity contribution in [2.75, 3.05) is 33.9 Å². The number of β-amino-alcohol motifs (C(OH)–C–C–N with tert-alkyl or cyclic N) is 1. The van der Waals surface area contributed by atoms with Gasteiger partial charge < -0.3 is 19.3 Å². The number of aliphatic hydroxyl groups excluding tert-OH is 1. The highest BCUT2D eigenvalue weighted by molar-refractivity contribution is 5.42. The summed E-state index contributed by atoms with van der Waals surface area (Å²) >= 11 is 0. The van der Waals surface area contributed by atoms with Gasteiger partial charge in [-0.3, -0.25) is 4.90 Å². The van der Waals surface area contributed by atoms with E-state index < -0.39 is 0 Å². The van der Waals surface area contributed by atoms with Crippen LogP contribution in [-0.2, 0) is 11.2 Å². The number of benzene rings is 1. The second-order valence-electron chi connectivity index (χ2n) is 7.14. The molecule has 1 aliphatic carbocycles. The minimum Gasteiger partial charge on any atom is -0.493 e. The Bertz CT molecular complexity index is 550. The minimum atomic E-state index is -0.158. The molecule has 1 heterocycles. The summed E-state index contributed by atoms with van der Waals surface area (Å²) in [6.07, 6.45) is 6.73. The first-order chi connectivity index (χ1) is 12.2. The lowest BCUT2D eigenvalue weighted by atomic mass is 9.91. The van der Waals surface area contributed by atoms with Gasteiger partial charge in [0.15, 0.2) is 11.5 Å². The standard InChI is InChI=1S/C20H31NO4/c1-23-19-8-7-15(13-20(19)24-2)10-12-25-18-6-4-3-5-17(18)21-11-9-16(22)14-21/h7-8,13,16-18,22H,3-6,9-12,14H2,1-2H3/t16-,17?,18-/m0/s1. The second-order valence-corrected chi connectivity index (χ2v) is 7.14. The van der Waals surface area contributed by atoms with Gasteiger partial charge in [0, 0.05) is 19.1 Å². The molecule has 5 heteroatoms. The van der Waals surface area contributed by atoms with Gasteiger partial charge in [0.2, 0.25) is 0 Å². The predicted molar refractivity (Wildman–Crippen MR) is 97.4 cm³/mol. The zero-order valence-corrected chi connectivity index (χ0v) is 15.4. The Morgan fingerprint density at radius 2 is 1.88 bits per heavy atom. The van der Waals surface area contributed by atoms with Crippen molar-refractivity contribution in [3.8, 4) is 11.5 Å². The van der Waals surface area contributed by atoms with E-state index in [-0.39, 0.29) is 6.10 Å². The van der Waals surface area contributed by atoms with Crippen molar-refractivity contribution in [1.29, 1.82) is 0 Å². The van der Waals surface area contributed by atoms with E-state index >= 15 is 0 Å². The van der Waals surface area contributed by atoms with Crippen LogP contribution in [0, 0.1) is 0 Å². The summed E-state index contributed by atoms with van der Waals surface area (Å²) in [4.78, 5) is 2.44. The van der Waals surface area contributed by atoms with Crippen LogP contribution in [0.15, 0.2) is 18.2 Å². The molecule has 1 aromatic rings. The van der Waals surface area contributed by atoms with E-state index in [9.17, 15) is 5.11 Å². The Balaban J connectivity index is 1.53. The summed E-state index contributed by atoms with van der Waals surface area (Å²) in [5.41, 5.74) is 1.20. The number of likely N-dealkylation sites (tertiary alicyclic amines) is 1. The van der Waals surface area contributed by atoms with Crippen LogP contribution in [0.4, 0.5) is 0 Å². The topological polar surface area (TPSA) is 51.2 Å². The average molecular weight is 349 g/mol. The van der Waals surface area contributed by atoms with Gasteiger partial charge in [-0.2, -0.15) is 0 Å². The van der Waals surface area contributed by atoms with Crippen molar-refractivity contribution in [3.63, 3.8) is 0 Å². The first-order valence-electron chi connectivity index (χ1n) is 9.46. The molecule has 0 radical (unpaired) electrons. The number of nitrogens with zero attached hydrogens (tertiary/aromatic N) is 1. The third kappa shape index (κ3) is 4.66. The molecule has 0 amide bonds. The number of aliphatic hydroxyl groups is 1. The maximum absolute atomic E-state index is 9.83. The fraction of sp³-hybridized carbons (Fsp3) is 0.700. The smallest absolute Gasteiger partial charge is 0.160 e. The summed E-state index contributed by atoms with van der Waals surface area (Å²) in [6.45, 7) is 2.52. The zero-order valence-electron chi connectivity index (χ0n) is 15.4. The van der Waals surface area contributed by atoms with Crippen LogP contribution in [-0.4, -0.2) is 62.2 Å². The minimum absolute atomic E-state index is 0.158. The number of methoxy groups -OCH3 is 2. The number of hydrogen-bond donors (Lipinski definition) is 1. The van der Waals surface area contributed by atoms with Crippen LogP contribution < -0.4 is 9.47 Å². The molecule has 5 nitrogen and oxygen atoms in total. The largest absolute Gasteiger partial charge is 0.493 e. The molecule has 1 N–H and O–H groups in total. The fourth-order valence-corrected chi connectivity index (χ4v) is 4.12. The van der Waals surface area contributed by atoms with Crippen molar-refractivity contribution in [3.05, 3.63) is 23.8 Å². The van der Waals surface area contributed by atoms with Crippen molar-refractivity contribution < 1.29 is 19.3 Å². The van der Waals surface area contributed by atoms with Gasteiger partial charge >= 0.3 is 0 Å². The summed E-state index contributed by atoms with van der Waals surface area (Å²) < 4.78 is 16.9. The van der Waals surface area contributed by atoms with E-state index in [1.54, 1.807) is 14.2 Å². The van der Waals surface area contributed by atoms with Crippen molar-refractivity contribution in [1.82, 2.24) is 4.90 Å². The molecule has 1 unspecified atom stereocenters. The number of ether oxygens (including phenoxy) is 3. The summed E-state index contributed by atoms with van der Waals surface area (Å²) in [5.74, 6) is 1.52. The molecule has 1 saturated heterocycles. The van der Waals surface area contributed by atoms with E-state index in [0.717, 1.165) is 43.9 Å². The highest BCUT2D eigenvalue weighted by Gasteiger charge is 2.34. The first kappa shape index (κ1) is 18.5. The Morgan fingerprint density at radius 3 is 2.60 bits per heavy atom. The zero-order chi connectivity index (χ0) is 17.6. The van der Waals surface area contributed by atoms with E-state index in [0.29, 0.717) is 18.8 Å². The molecular weight excluding hydrogens is 318 g/mol. The molecule has 2 fully saturated rings. The van der Waals surface area contributed by atoms with Gasteiger partial charge in [-0.05, 0) is 43.4 Å². The molecule has 3 atom stereocenters. The van der Waals surface area contributed by atoms with E-state index in [1.807, 2.05) is 12.1 Å². The molecule has 2 aliphatic rings. The molecule has 0 spiro atoms. The highest BCUT2D eigenvalue weighted by atomic mass is 16.5. The SMILES string of the molecule is COc1ccc(CCO[C@H]2CCCCC2N2CC[C@H](O)C2)cc1OC. The first-order valence-corrected chi connectivity index (χ1v) is 9.46. The van der Waals surface area contributed by atoms with Crippen molar-refractivity contribution in [2.24, 2.45) is 0 Å². The monoisotopic (exact) mass is 349 g/mol. The molecule has 140 valence electrons. The van der Waals surface area contributed by atoms with Crippen LogP contribution >= 0.6 is 0 Å². The van der Waals surface area contributed by atoms with Crippen molar-refractivity contribution in [2.45, 2.75) is 56.8 Å². The Morgan fingerprint density at radius 1 is 1.08 bits per heavy atom. The van der Waals surface area contributed by atoms with Crippen LogP contribution in [0.5, 0.6) is 11.5 Å². The third-order valence-corrected chi connectivity index (χ3v) is 5.50. The molecule has 1 aromatic carbocycles. The molecule has 3 rings (SSSR count). The molecule has 0 bridgehead atoms. The van der Waals surface area contributed by atoms with Crippen LogP contribution in [0.2, 0.25) is 0 Å². The molecule has 0 aromatic heterocycles. The van der Waals surface area contributed by atoms with Crippen LogP contribution in [0.3, 0.4) is 0 Å². The van der Waals surface area contributed by atoms with Gasteiger partial charge in [0.05, 0.1) is 33.0 Å². The molecular formula is C20H31NO4. The summed E-state index contributed by atoms with van der Waals surface area (Å²) in [7, 11) is 3.31. The maximum Gasteiger partial charge on any atom is 0.160 e. The van der Waals surface area contributed by atoms with Crippen LogP contribution in [0.25, 0.3) is 0 Å². The Labute approximate surface area is 150 Å². The number of rotatable bonds is 7. The molecule has 1 aliphatic heterocycles. The quantitative estimate of drug-likeness (QED) is 0.820. The van der Waals surface area contributed by atoms with E-state index in [4.69, 9.17) is 14.2 Å². The highest BCUT2D eigenvalue weighted by Crippen LogP contribution is 2.30. The summed E-state index contributed by atoms with van der Waals surface area (Å²) in [5, 5.41) is 9.83. The van der Waals surface area contributed by atoms with E-state index in [1.165, 1.54) is 24.8 Å². The average Bonchev–Trinajstić information content (AvgIpc) is 3.08. The third-order valence-electron chi connectivity index (χ3n) is 5.50. The normalized spacial score (nSPS) is 27.4. The Hall–Kier alpha value is -1.30. The lowest BCUT2D eigenvalue weighted by molar-refractivity contribution is -0.0316. The van der Waals surface area contributed by atoms with Gasteiger partial charge in [0.25, 0.3) is 0 Å². The van der Waals surface area contributed by atoms with E-state index in [2.05, 4.69) is 11.0 Å². The van der Waals surface area contributed by atoms with Crippen molar-refractivity contribution >= 4 is 0 Å². The number of hydrogen-bond acceptors (Lipinski definition) is 5. The molecule has 1 saturated carbocycles. The predicted octanol–water partition coefficient (Wildman–Crippen LogP) is 2.64. The Kier molecular flexibility index (Phi) is 6.57. The lowest BCUT2D eigenvalue weighted by Crippen LogP contribution is -2.46.